The van der Waals surface area contributed by atoms with Crippen molar-refractivity contribution in [1.82, 2.24) is 0 Å². The standard InChI is InChI=1S/C8H2O/c1-2-3-4-5-6-7-8-9/h1,9H. The van der Waals surface area contributed by atoms with Gasteiger partial charge in [0.2, 0.25) is 0 Å². The van der Waals surface area contributed by atoms with Crippen LogP contribution in [0.5, 0.6) is 0 Å². The summed E-state index contributed by atoms with van der Waals surface area (Å²) in [6.45, 7) is 0. The maximum absolute atomic E-state index is 7.87. The fourth-order valence-electron chi connectivity index (χ4n) is 0.158. The van der Waals surface area contributed by atoms with Gasteiger partial charge >= 0.3 is 0 Å². The Balaban J connectivity index is 3.90. The van der Waals surface area contributed by atoms with Crippen molar-refractivity contribution in [2.24, 2.45) is 0 Å². The molecule has 0 radical (unpaired) electrons. The molecule has 0 aliphatic carbocycles. The largest absolute Gasteiger partial charge is 0.461 e. The van der Waals surface area contributed by atoms with Gasteiger partial charge in [0, 0.05) is 17.8 Å². The Bertz CT molecular complexity index is 285. The summed E-state index contributed by atoms with van der Waals surface area (Å²) in [7, 11) is 0. The summed E-state index contributed by atoms with van der Waals surface area (Å²) in [5, 5.41) is 7.87. The third kappa shape index (κ3) is 6.04. The van der Waals surface area contributed by atoms with Gasteiger partial charge in [-0.05, 0) is 17.8 Å². The minimum absolute atomic E-state index is 1.60. The van der Waals surface area contributed by atoms with E-state index < -0.39 is 0 Å². The highest BCUT2D eigenvalue weighted by molar-refractivity contribution is 5.38. The molecule has 0 amide bonds. The molecule has 0 rings (SSSR count). The van der Waals surface area contributed by atoms with Crippen LogP contribution in [0.25, 0.3) is 0 Å². The van der Waals surface area contributed by atoms with Crippen LogP contribution in [0.15, 0.2) is 0 Å². The average Bonchev–Trinajstić information content (AvgIpc) is 1.89. The highest BCUT2D eigenvalue weighted by Gasteiger charge is 1.51. The molecule has 0 aliphatic rings. The van der Waals surface area contributed by atoms with Crippen LogP contribution < -0.4 is 0 Å². The third-order valence-electron chi connectivity index (χ3n) is 0.378. The number of terminal acetylenes is 1. The minimum Gasteiger partial charge on any atom is -0.461 e. The van der Waals surface area contributed by atoms with Gasteiger partial charge in [-0.3, -0.25) is 0 Å². The zero-order valence-corrected chi connectivity index (χ0v) is 4.52. The van der Waals surface area contributed by atoms with E-state index in [1.165, 1.54) is 0 Å². The fourth-order valence-corrected chi connectivity index (χ4v) is 0.158. The number of aliphatic hydroxyl groups excluding tert-OH is 1. The first-order valence-corrected chi connectivity index (χ1v) is 2.01. The smallest absolute Gasteiger partial charge is 0.122 e. The molecule has 0 saturated heterocycles. The summed E-state index contributed by atoms with van der Waals surface area (Å²) in [5.74, 6) is 13.3. The quantitative estimate of drug-likeness (QED) is 0.438. The molecule has 40 valence electrons. The van der Waals surface area contributed by atoms with E-state index in [1.54, 1.807) is 6.11 Å². The molecular formula is C8H2O. The lowest BCUT2D eigenvalue weighted by Crippen LogP contribution is -1.52. The predicted octanol–water partition coefficient (Wildman–Crippen LogP) is -0.0402. The van der Waals surface area contributed by atoms with E-state index in [-0.39, 0.29) is 0 Å². The van der Waals surface area contributed by atoms with Crippen molar-refractivity contribution in [3.05, 3.63) is 0 Å². The molecule has 0 saturated carbocycles. The second kappa shape index (κ2) is 6.04. The molecule has 0 spiro atoms. The van der Waals surface area contributed by atoms with Gasteiger partial charge in [-0.15, -0.1) is 6.42 Å². The number of hydrogen-bond donors (Lipinski definition) is 1. The SMILES string of the molecule is C#CC#CC#CC#CO. The zero-order valence-electron chi connectivity index (χ0n) is 4.52. The summed E-state index contributed by atoms with van der Waals surface area (Å²) >= 11 is 0. The molecule has 0 aromatic heterocycles. The Morgan fingerprint density at radius 1 is 0.889 bits per heavy atom. The van der Waals surface area contributed by atoms with Crippen molar-refractivity contribution in [3.8, 4) is 48.1 Å². The van der Waals surface area contributed by atoms with Crippen molar-refractivity contribution >= 4 is 0 Å². The van der Waals surface area contributed by atoms with E-state index in [2.05, 4.69) is 35.5 Å². The Morgan fingerprint density at radius 3 is 2.00 bits per heavy atom. The summed E-state index contributed by atoms with van der Waals surface area (Å²) in [6.07, 6.45) is 6.37. The lowest BCUT2D eigenvalue weighted by Gasteiger charge is -1.52. The predicted molar refractivity (Wildman–Crippen MR) is 34.1 cm³/mol. The topological polar surface area (TPSA) is 20.2 Å². The molecule has 9 heavy (non-hydrogen) atoms. The lowest BCUT2D eigenvalue weighted by atomic mass is 10.5. The second-order valence-electron chi connectivity index (χ2n) is 0.881. The van der Waals surface area contributed by atoms with Gasteiger partial charge < -0.3 is 5.11 Å². The van der Waals surface area contributed by atoms with Crippen LogP contribution >= 0.6 is 0 Å². The van der Waals surface area contributed by atoms with Crippen LogP contribution in [0, 0.1) is 48.1 Å². The van der Waals surface area contributed by atoms with E-state index in [1.807, 2.05) is 0 Å². The van der Waals surface area contributed by atoms with Gasteiger partial charge in [0.1, 0.15) is 6.11 Å². The van der Waals surface area contributed by atoms with Crippen molar-refractivity contribution in [2.75, 3.05) is 0 Å². The Morgan fingerprint density at radius 2 is 1.44 bits per heavy atom. The Labute approximate surface area is 54.1 Å². The Hall–Kier alpha value is -1.96. The summed E-state index contributed by atoms with van der Waals surface area (Å²) < 4.78 is 0. The molecule has 0 unspecified atom stereocenters. The van der Waals surface area contributed by atoms with Crippen LogP contribution in [-0.4, -0.2) is 5.11 Å². The molecular weight excluding hydrogens is 112 g/mol. The van der Waals surface area contributed by atoms with Gasteiger partial charge in [0.25, 0.3) is 0 Å². The van der Waals surface area contributed by atoms with E-state index in [9.17, 15) is 0 Å². The molecule has 1 N–H and O–H groups in total. The maximum atomic E-state index is 7.87. The van der Waals surface area contributed by atoms with Crippen molar-refractivity contribution in [2.45, 2.75) is 0 Å². The first-order valence-electron chi connectivity index (χ1n) is 2.01. The number of rotatable bonds is 0. The third-order valence-corrected chi connectivity index (χ3v) is 0.378. The number of aliphatic hydroxyl groups is 1. The molecule has 0 aromatic carbocycles. The minimum atomic E-state index is 1.60. The van der Waals surface area contributed by atoms with Gasteiger partial charge in [0.05, 0.1) is 0 Å². The molecule has 1 heteroatoms. The van der Waals surface area contributed by atoms with Gasteiger partial charge in [0.15, 0.2) is 0 Å². The molecule has 0 fully saturated rings. The van der Waals surface area contributed by atoms with Crippen LogP contribution in [0.3, 0.4) is 0 Å². The molecule has 0 atom stereocenters. The normalized spacial score (nSPS) is 3.44. The summed E-state index contributed by atoms with van der Waals surface area (Å²) in [6, 6.07) is 0. The monoisotopic (exact) mass is 114 g/mol. The number of hydrogen-bond acceptors (Lipinski definition) is 1. The van der Waals surface area contributed by atoms with Crippen LogP contribution in [0.1, 0.15) is 0 Å². The highest BCUT2D eigenvalue weighted by Crippen LogP contribution is 1.51. The van der Waals surface area contributed by atoms with Crippen molar-refractivity contribution < 1.29 is 5.11 Å². The van der Waals surface area contributed by atoms with Crippen LogP contribution in [0.4, 0.5) is 0 Å². The van der Waals surface area contributed by atoms with Gasteiger partial charge in [-0.25, -0.2) is 0 Å². The second-order valence-corrected chi connectivity index (χ2v) is 0.881. The summed E-state index contributed by atoms with van der Waals surface area (Å²) in [4.78, 5) is 0. The molecule has 0 heterocycles. The Kier molecular flexibility index (Phi) is 4.72. The average molecular weight is 114 g/mol. The van der Waals surface area contributed by atoms with Crippen LogP contribution in [-0.2, 0) is 0 Å². The van der Waals surface area contributed by atoms with Crippen molar-refractivity contribution in [3.63, 3.8) is 0 Å². The highest BCUT2D eigenvalue weighted by atomic mass is 16.2. The fraction of sp³-hybridized carbons (Fsp3) is 0. The molecule has 1 nitrogen and oxygen atoms in total. The first-order chi connectivity index (χ1) is 4.41. The lowest BCUT2D eigenvalue weighted by molar-refractivity contribution is 0.517. The van der Waals surface area contributed by atoms with E-state index >= 15 is 0 Å². The van der Waals surface area contributed by atoms with E-state index in [0.29, 0.717) is 0 Å². The first kappa shape index (κ1) is 7.04. The summed E-state index contributed by atoms with van der Waals surface area (Å²) in [5.41, 5.74) is 0. The molecule has 0 aromatic rings. The van der Waals surface area contributed by atoms with E-state index in [4.69, 9.17) is 11.5 Å². The van der Waals surface area contributed by atoms with Crippen molar-refractivity contribution in [1.29, 1.82) is 0 Å². The van der Waals surface area contributed by atoms with Crippen LogP contribution in [0.2, 0.25) is 0 Å². The van der Waals surface area contributed by atoms with Gasteiger partial charge in [-0.1, -0.05) is 0 Å². The zero-order chi connectivity index (χ0) is 6.95. The maximum Gasteiger partial charge on any atom is 0.122 e. The molecule has 0 aliphatic heterocycles. The van der Waals surface area contributed by atoms with E-state index in [0.717, 1.165) is 0 Å². The van der Waals surface area contributed by atoms with Gasteiger partial charge in [-0.2, -0.15) is 0 Å². The molecule has 0 bridgehead atoms.